The first-order chi connectivity index (χ1) is 8.89. The number of rotatable bonds is 2. The largest absolute Gasteiger partial charge is 0.353 e. The Balaban J connectivity index is 1.91. The van der Waals surface area contributed by atoms with Crippen molar-refractivity contribution in [3.05, 3.63) is 34.3 Å². The molecule has 19 heavy (non-hydrogen) atoms. The molecule has 1 aliphatic carbocycles. The molecule has 0 heterocycles. The number of aliphatic imine (C=N–C) groups is 1. The molecule has 0 amide bonds. The summed E-state index contributed by atoms with van der Waals surface area (Å²) in [6.07, 6.45) is 1.17. The van der Waals surface area contributed by atoms with E-state index in [-0.39, 0.29) is 5.54 Å². The van der Waals surface area contributed by atoms with Crippen LogP contribution in [0, 0.1) is 0 Å². The van der Waals surface area contributed by atoms with Gasteiger partial charge in [0, 0.05) is 29.0 Å². The molecule has 1 fully saturated rings. The summed E-state index contributed by atoms with van der Waals surface area (Å²) < 4.78 is 1.13. The van der Waals surface area contributed by atoms with E-state index in [0.29, 0.717) is 12.0 Å². The van der Waals surface area contributed by atoms with Gasteiger partial charge in [-0.15, -0.1) is 0 Å². The zero-order valence-corrected chi connectivity index (χ0v) is 13.6. The van der Waals surface area contributed by atoms with Gasteiger partial charge in [0.2, 0.25) is 0 Å². The predicted octanol–water partition coefficient (Wildman–Crippen LogP) is 3.27. The van der Waals surface area contributed by atoms with Gasteiger partial charge in [-0.25, -0.2) is 0 Å². The van der Waals surface area contributed by atoms with Gasteiger partial charge < -0.3 is 10.6 Å². The van der Waals surface area contributed by atoms with Crippen molar-refractivity contribution in [2.45, 2.75) is 44.7 Å². The van der Waals surface area contributed by atoms with Crippen molar-refractivity contribution in [2.24, 2.45) is 4.99 Å². The number of benzene rings is 1. The molecular formula is C15H22BrN3. The van der Waals surface area contributed by atoms with Crippen LogP contribution < -0.4 is 10.6 Å². The summed E-state index contributed by atoms with van der Waals surface area (Å²) in [4.78, 5) is 4.28. The highest BCUT2D eigenvalue weighted by Gasteiger charge is 2.39. The Hall–Kier alpha value is -1.03. The summed E-state index contributed by atoms with van der Waals surface area (Å²) in [7, 11) is 1.82. The third-order valence-electron chi connectivity index (χ3n) is 3.13. The SMILES string of the molecule is CN=C(NC1CC1c1ccc(Br)cc1)NC(C)(C)C. The molecule has 0 aliphatic heterocycles. The van der Waals surface area contributed by atoms with E-state index in [1.165, 1.54) is 12.0 Å². The van der Waals surface area contributed by atoms with Gasteiger partial charge in [-0.2, -0.15) is 0 Å². The molecule has 0 saturated heterocycles. The molecular weight excluding hydrogens is 302 g/mol. The molecule has 4 heteroatoms. The van der Waals surface area contributed by atoms with Crippen LogP contribution in [-0.2, 0) is 0 Å². The number of nitrogens with one attached hydrogen (secondary N) is 2. The molecule has 1 aromatic rings. The summed E-state index contributed by atoms with van der Waals surface area (Å²) in [6.45, 7) is 6.41. The number of hydrogen-bond donors (Lipinski definition) is 2. The van der Waals surface area contributed by atoms with E-state index < -0.39 is 0 Å². The van der Waals surface area contributed by atoms with Crippen LogP contribution in [0.5, 0.6) is 0 Å². The van der Waals surface area contributed by atoms with Crippen molar-refractivity contribution in [1.29, 1.82) is 0 Å². The van der Waals surface area contributed by atoms with E-state index >= 15 is 0 Å². The van der Waals surface area contributed by atoms with Crippen LogP contribution in [0.25, 0.3) is 0 Å². The van der Waals surface area contributed by atoms with Crippen molar-refractivity contribution in [2.75, 3.05) is 7.05 Å². The standard InChI is InChI=1S/C15H22BrN3/c1-15(2,3)19-14(17-4)18-13-9-12(13)10-5-7-11(16)8-6-10/h5-8,12-13H,9H2,1-4H3,(H2,17,18,19). The van der Waals surface area contributed by atoms with Crippen molar-refractivity contribution >= 4 is 21.9 Å². The quantitative estimate of drug-likeness (QED) is 0.647. The summed E-state index contributed by atoms with van der Waals surface area (Å²) in [5, 5.41) is 6.88. The normalized spacial score (nSPS) is 23.1. The highest BCUT2D eigenvalue weighted by Crippen LogP contribution is 2.40. The van der Waals surface area contributed by atoms with Crippen LogP contribution in [0.2, 0.25) is 0 Å². The van der Waals surface area contributed by atoms with Crippen molar-refractivity contribution in [3.8, 4) is 0 Å². The Morgan fingerprint density at radius 3 is 2.42 bits per heavy atom. The third-order valence-corrected chi connectivity index (χ3v) is 3.66. The van der Waals surface area contributed by atoms with Crippen LogP contribution >= 0.6 is 15.9 Å². The van der Waals surface area contributed by atoms with Gasteiger partial charge in [-0.1, -0.05) is 28.1 Å². The molecule has 3 nitrogen and oxygen atoms in total. The maximum atomic E-state index is 4.28. The van der Waals surface area contributed by atoms with E-state index in [9.17, 15) is 0 Å². The molecule has 2 unspecified atom stereocenters. The first-order valence-corrected chi connectivity index (χ1v) is 7.45. The van der Waals surface area contributed by atoms with E-state index in [2.05, 4.69) is 76.6 Å². The molecule has 1 saturated carbocycles. The molecule has 2 N–H and O–H groups in total. The minimum absolute atomic E-state index is 0.0316. The minimum Gasteiger partial charge on any atom is -0.353 e. The molecule has 2 atom stereocenters. The van der Waals surface area contributed by atoms with Gasteiger partial charge in [-0.05, 0) is 44.9 Å². The van der Waals surface area contributed by atoms with Crippen molar-refractivity contribution in [1.82, 2.24) is 10.6 Å². The second-order valence-electron chi connectivity index (χ2n) is 6.09. The zero-order chi connectivity index (χ0) is 14.0. The Kier molecular flexibility index (Phi) is 4.19. The van der Waals surface area contributed by atoms with Crippen LogP contribution in [0.1, 0.15) is 38.7 Å². The Morgan fingerprint density at radius 2 is 1.89 bits per heavy atom. The van der Waals surface area contributed by atoms with Crippen LogP contribution in [0.4, 0.5) is 0 Å². The van der Waals surface area contributed by atoms with E-state index in [1.807, 2.05) is 7.05 Å². The predicted molar refractivity (Wildman–Crippen MR) is 84.7 cm³/mol. The van der Waals surface area contributed by atoms with Gasteiger partial charge >= 0.3 is 0 Å². The fourth-order valence-electron chi connectivity index (χ4n) is 2.12. The topological polar surface area (TPSA) is 36.4 Å². The summed E-state index contributed by atoms with van der Waals surface area (Å²) in [5.74, 6) is 1.49. The van der Waals surface area contributed by atoms with E-state index in [1.54, 1.807) is 0 Å². The van der Waals surface area contributed by atoms with Gasteiger partial charge in [-0.3, -0.25) is 4.99 Å². The summed E-state index contributed by atoms with van der Waals surface area (Å²) >= 11 is 3.47. The Bertz CT molecular complexity index is 459. The first kappa shape index (κ1) is 14.4. The fourth-order valence-corrected chi connectivity index (χ4v) is 2.38. The van der Waals surface area contributed by atoms with Crippen LogP contribution in [-0.4, -0.2) is 24.6 Å². The highest BCUT2D eigenvalue weighted by molar-refractivity contribution is 9.10. The Morgan fingerprint density at radius 1 is 1.26 bits per heavy atom. The molecule has 0 radical (unpaired) electrons. The maximum Gasteiger partial charge on any atom is 0.191 e. The molecule has 0 spiro atoms. The number of hydrogen-bond acceptors (Lipinski definition) is 1. The van der Waals surface area contributed by atoms with E-state index in [4.69, 9.17) is 0 Å². The van der Waals surface area contributed by atoms with Gasteiger partial charge in [0.05, 0.1) is 0 Å². The number of guanidine groups is 1. The lowest BCUT2D eigenvalue weighted by Crippen LogP contribution is -2.48. The molecule has 1 aromatic carbocycles. The fraction of sp³-hybridized carbons (Fsp3) is 0.533. The van der Waals surface area contributed by atoms with Crippen LogP contribution in [0.3, 0.4) is 0 Å². The lowest BCUT2D eigenvalue weighted by Gasteiger charge is -2.23. The van der Waals surface area contributed by atoms with Gasteiger partial charge in [0.1, 0.15) is 0 Å². The third kappa shape index (κ3) is 4.23. The van der Waals surface area contributed by atoms with Gasteiger partial charge in [0.15, 0.2) is 5.96 Å². The van der Waals surface area contributed by atoms with Crippen LogP contribution in [0.15, 0.2) is 33.7 Å². The number of nitrogens with zero attached hydrogens (tertiary/aromatic N) is 1. The first-order valence-electron chi connectivity index (χ1n) is 6.66. The zero-order valence-electron chi connectivity index (χ0n) is 12.0. The molecule has 0 bridgehead atoms. The highest BCUT2D eigenvalue weighted by atomic mass is 79.9. The average Bonchev–Trinajstić information content (AvgIpc) is 3.06. The summed E-state index contributed by atoms with van der Waals surface area (Å²) in [5.41, 5.74) is 1.43. The molecule has 104 valence electrons. The lowest BCUT2D eigenvalue weighted by atomic mass is 10.1. The summed E-state index contributed by atoms with van der Waals surface area (Å²) in [6, 6.07) is 9.09. The smallest absolute Gasteiger partial charge is 0.191 e. The maximum absolute atomic E-state index is 4.28. The average molecular weight is 324 g/mol. The van der Waals surface area contributed by atoms with Crippen molar-refractivity contribution in [3.63, 3.8) is 0 Å². The number of halogens is 1. The second kappa shape index (κ2) is 5.53. The van der Waals surface area contributed by atoms with E-state index in [0.717, 1.165) is 10.4 Å². The molecule has 1 aliphatic rings. The Labute approximate surface area is 124 Å². The minimum atomic E-state index is 0.0316. The molecule has 2 rings (SSSR count). The second-order valence-corrected chi connectivity index (χ2v) is 7.01. The lowest BCUT2D eigenvalue weighted by molar-refractivity contribution is 0.501. The van der Waals surface area contributed by atoms with Gasteiger partial charge in [0.25, 0.3) is 0 Å². The molecule has 0 aromatic heterocycles. The van der Waals surface area contributed by atoms with Crippen molar-refractivity contribution < 1.29 is 0 Å². The monoisotopic (exact) mass is 323 g/mol.